The zero-order valence-corrected chi connectivity index (χ0v) is 60.8. The first-order valence-corrected chi connectivity index (χ1v) is 38.2. The van der Waals surface area contributed by atoms with Crippen molar-refractivity contribution in [1.29, 1.82) is 0 Å². The molecule has 4 aromatic rings. The molecule has 2 aromatic carbocycles. The number of carbonyl (C=O) groups is 10. The van der Waals surface area contributed by atoms with Crippen molar-refractivity contribution in [2.24, 2.45) is 57.9 Å². The second-order valence-corrected chi connectivity index (χ2v) is 32.9. The number of likely N-dealkylation sites (tertiary alicyclic amines) is 3. The van der Waals surface area contributed by atoms with E-state index in [9.17, 15) is 47.9 Å². The highest BCUT2D eigenvalue weighted by Gasteiger charge is 2.59. The number of aldehydes is 1. The lowest BCUT2D eigenvalue weighted by Gasteiger charge is -2.30. The molecule has 4 saturated heterocycles. The number of aliphatic imine (C=N–C) groups is 1. The highest BCUT2D eigenvalue weighted by molar-refractivity contribution is 6.14. The first kappa shape index (κ1) is 75.2. The number of benzene rings is 2. The number of ether oxygens (including phenoxy) is 2. The number of para-hydroxylation sites is 2. The fourth-order valence-corrected chi connectivity index (χ4v) is 17.3. The molecule has 0 unspecified atom stereocenters. The maximum absolute atomic E-state index is 13.2. The van der Waals surface area contributed by atoms with Crippen LogP contribution in [0.15, 0.2) is 65.9 Å². The summed E-state index contributed by atoms with van der Waals surface area (Å²) in [6.07, 6.45) is 36.6. The zero-order valence-electron chi connectivity index (χ0n) is 60.8. The summed E-state index contributed by atoms with van der Waals surface area (Å²) in [5.74, 6) is 4.46. The molecule has 0 spiro atoms. The number of urea groups is 1. The van der Waals surface area contributed by atoms with Gasteiger partial charge >= 0.3 is 36.2 Å². The summed E-state index contributed by atoms with van der Waals surface area (Å²) in [5, 5.41) is 17.0. The normalized spacial score (nSPS) is 27.5. The number of nitrogens with one attached hydrogen (secondary N) is 2. The van der Waals surface area contributed by atoms with E-state index in [1.54, 1.807) is 55.0 Å². The van der Waals surface area contributed by atoms with Crippen molar-refractivity contribution in [2.75, 3.05) is 5.32 Å². The molecule has 23 heteroatoms. The van der Waals surface area contributed by atoms with Crippen molar-refractivity contribution in [2.45, 2.75) is 287 Å². The van der Waals surface area contributed by atoms with Crippen LogP contribution in [0.25, 0.3) is 21.8 Å². The fourth-order valence-electron chi connectivity index (χ4n) is 17.3. The molecule has 11 aliphatic rings. The topological polar surface area (TPSA) is 317 Å². The number of aliphatic carboxylic acids is 1. The number of anilines is 1. The van der Waals surface area contributed by atoms with E-state index >= 15 is 0 Å². The van der Waals surface area contributed by atoms with Gasteiger partial charge in [0.2, 0.25) is 0 Å². The molecule has 4 aliphatic heterocycles. The third-order valence-corrected chi connectivity index (χ3v) is 23.0. The molecule has 554 valence electrons. The van der Waals surface area contributed by atoms with Crippen molar-refractivity contribution in [3.8, 4) is 0 Å². The van der Waals surface area contributed by atoms with Crippen LogP contribution < -0.4 is 22.1 Å². The molecule has 2 aromatic heterocycles. The lowest BCUT2D eigenvalue weighted by molar-refractivity contribution is -0.142. The summed E-state index contributed by atoms with van der Waals surface area (Å²) >= 11 is 0. The molecule has 7 saturated carbocycles. The van der Waals surface area contributed by atoms with Gasteiger partial charge in [-0.1, -0.05) is 133 Å². The Morgan fingerprint density at radius 3 is 1.40 bits per heavy atom. The van der Waals surface area contributed by atoms with E-state index in [-0.39, 0.29) is 59.9 Å². The molecule has 6 heterocycles. The molecule has 23 nitrogen and oxygen atoms in total. The van der Waals surface area contributed by atoms with Crippen LogP contribution in [-0.2, 0) is 33.4 Å². The van der Waals surface area contributed by atoms with E-state index in [0.29, 0.717) is 83.5 Å². The molecular formula is C79H110N10O13. The van der Waals surface area contributed by atoms with Crippen LogP contribution in [-0.4, -0.2) is 155 Å². The Labute approximate surface area is 599 Å². The molecule has 0 bridgehead atoms. The monoisotopic (exact) mass is 1410 g/mol. The molecule has 6 amide bonds. The number of Topliss-reactive ketones (excluding diaryl/α,β-unsaturated/α-hetero) is 3. The number of amides is 6. The number of ketones is 3. The Hall–Kier alpha value is -7.95. The van der Waals surface area contributed by atoms with Gasteiger partial charge < -0.3 is 41.6 Å². The number of carboxylic acid groups (broad SMARTS) is 1. The summed E-state index contributed by atoms with van der Waals surface area (Å²) in [7, 11) is 0. The van der Waals surface area contributed by atoms with Gasteiger partial charge in [0.25, 0.3) is 0 Å². The number of piperidine rings is 4. The molecule has 7 N–H and O–H groups in total. The van der Waals surface area contributed by atoms with Crippen LogP contribution in [0.2, 0.25) is 0 Å². The molecule has 12 atom stereocenters. The minimum atomic E-state index is -0.932. The Morgan fingerprint density at radius 2 is 0.951 bits per heavy atom. The van der Waals surface area contributed by atoms with Crippen molar-refractivity contribution in [3.63, 3.8) is 0 Å². The van der Waals surface area contributed by atoms with Crippen LogP contribution in [0.1, 0.15) is 228 Å². The van der Waals surface area contributed by atoms with E-state index < -0.39 is 41.4 Å². The Kier molecular flexibility index (Phi) is 24.2. The number of carbonyl (C=O) groups excluding carboxylic acids is 9. The van der Waals surface area contributed by atoms with Gasteiger partial charge in [-0.05, 0) is 166 Å². The average Bonchev–Trinajstić information content (AvgIpc) is 1.60. The van der Waals surface area contributed by atoms with Crippen molar-refractivity contribution in [3.05, 3.63) is 60.9 Å². The maximum atomic E-state index is 13.2. The van der Waals surface area contributed by atoms with Gasteiger partial charge in [-0.25, -0.2) is 28.8 Å². The smallest absolute Gasteiger partial charge is 0.411 e. The van der Waals surface area contributed by atoms with E-state index in [1.165, 1.54) is 123 Å². The number of nitrogens with zero attached hydrogens (tertiary/aromatic N) is 6. The van der Waals surface area contributed by atoms with Crippen LogP contribution in [0.5, 0.6) is 0 Å². The Morgan fingerprint density at radius 1 is 0.529 bits per heavy atom. The predicted octanol–water partition coefficient (Wildman–Crippen LogP) is 14.4. The van der Waals surface area contributed by atoms with Crippen LogP contribution in [0.4, 0.5) is 35.3 Å². The summed E-state index contributed by atoms with van der Waals surface area (Å²) in [6, 6.07) is 13.3. The van der Waals surface area contributed by atoms with Gasteiger partial charge in [-0.2, -0.15) is 0 Å². The SMILES string of the molecule is CC(C)(C)OC(=O)N1[C@@H]2C[C@@H]2C[C@H]1C(=O)CCC1CCCCC1.CC(C)(C)OC(=O)N1[C@@H]2C[C@@H]2C[C@H]1C(=O)O.NC(=O)n1cc(N=CC=O)c2ccccc21.NC(=O)n1cc(NC(=O)N2[C@@H]3C[C@@H]3C[C@H]2C(=O)CCC2CCCCC2)c2ccccc21.O=C(CCC1CCCCC1)[C@@H]1C[C@H]2C[C@H]2N1. The molecule has 0 radical (unpaired) electrons. The molecular weight excluding hydrogens is 1300 g/mol. The van der Waals surface area contributed by atoms with Gasteiger partial charge in [-0.15, -0.1) is 0 Å². The molecule has 11 fully saturated rings. The average molecular weight is 1410 g/mol. The highest BCUT2D eigenvalue weighted by Crippen LogP contribution is 2.51. The Balaban J connectivity index is 0.000000132. The number of carboxylic acids is 1. The number of hydrogen-bond donors (Lipinski definition) is 5. The lowest BCUT2D eigenvalue weighted by atomic mass is 9.85. The zero-order chi connectivity index (χ0) is 72.7. The Bertz CT molecular complexity index is 3720. The quantitative estimate of drug-likeness (QED) is 0.0515. The van der Waals surface area contributed by atoms with E-state index in [2.05, 4.69) is 15.6 Å². The largest absolute Gasteiger partial charge is 0.480 e. The van der Waals surface area contributed by atoms with Crippen LogP contribution >= 0.6 is 0 Å². The fraction of sp³-hybridized carbons (Fsp3) is 0.658. The van der Waals surface area contributed by atoms with Gasteiger partial charge in [0.1, 0.15) is 23.0 Å². The van der Waals surface area contributed by atoms with E-state index in [0.717, 1.165) is 98.9 Å². The molecule has 102 heavy (non-hydrogen) atoms. The number of hydrogen-bond acceptors (Lipinski definition) is 14. The molecule has 15 rings (SSSR count). The predicted molar refractivity (Wildman–Crippen MR) is 389 cm³/mol. The van der Waals surface area contributed by atoms with Crippen molar-refractivity contribution >= 4 is 99.3 Å². The first-order chi connectivity index (χ1) is 48.7. The first-order valence-electron chi connectivity index (χ1n) is 38.2. The number of nitrogens with two attached hydrogens (primary N) is 2. The maximum Gasteiger partial charge on any atom is 0.411 e. The standard InChI is InChI=1S/C24H30N4O3.C19H31NO3.C14H23NO.C11H9N3O2.C11H17NO4/c25-23(30)27-14-18(17-8-4-5-9-19(17)27)26-24(31)28-20-12-16(20)13-21(28)22(29)11-10-15-6-2-1-3-7-15;1-19(2,3)23-18(22)20-15-11-14(15)12-16(20)17(21)10-9-13-7-5-4-6-8-13;16-14(13-9-11-8-12(11)15-13)7-6-10-4-2-1-3-5-10;12-11(16)14-7-9(13-5-6-15)8-3-1-2-4-10(8)14;1-11(2,3)16-10(15)12-7-4-6(7)5-8(12)9(13)14/h4-5,8-9,14-16,20-21H,1-3,6-7,10-13H2,(H2,25,30)(H,26,31);13-16H,4-12H2,1-3H3;10-13,15H,1-9H2;1-7H,(H2,12,16);6-8H,4-5H2,1-3H3,(H,13,14)/t16-,20-,21+;14-,15-,16+;11-,12-,13+;;6-,7-,8+/m111.1/s1. The number of aromatic nitrogens is 2. The lowest BCUT2D eigenvalue weighted by Crippen LogP contribution is -2.45. The summed E-state index contributed by atoms with van der Waals surface area (Å²) < 4.78 is 13.4. The number of rotatable bonds is 16. The number of primary amides is 2. The van der Waals surface area contributed by atoms with Gasteiger partial charge in [0.05, 0.1) is 46.7 Å². The highest BCUT2D eigenvalue weighted by atomic mass is 16.6. The molecule has 7 aliphatic carbocycles. The second kappa shape index (κ2) is 32.8. The van der Waals surface area contributed by atoms with Crippen molar-refractivity contribution in [1.82, 2.24) is 29.2 Å². The summed E-state index contributed by atoms with van der Waals surface area (Å²) in [6.45, 7) is 11.0. The van der Waals surface area contributed by atoms with Gasteiger partial charge in [0.15, 0.2) is 17.9 Å². The third-order valence-electron chi connectivity index (χ3n) is 23.0. The van der Waals surface area contributed by atoms with E-state index in [4.69, 9.17) is 26.0 Å². The van der Waals surface area contributed by atoms with Crippen molar-refractivity contribution < 1.29 is 62.5 Å². The van der Waals surface area contributed by atoms with E-state index in [1.807, 2.05) is 51.1 Å². The third kappa shape index (κ3) is 19.3. The van der Waals surface area contributed by atoms with Crippen LogP contribution in [0, 0.1) is 41.4 Å². The summed E-state index contributed by atoms with van der Waals surface area (Å²) in [4.78, 5) is 128. The minimum absolute atomic E-state index is 0.0935. The van der Waals surface area contributed by atoms with Gasteiger partial charge in [-0.3, -0.25) is 43.1 Å². The minimum Gasteiger partial charge on any atom is -0.480 e. The number of fused-ring (bicyclic) bond motifs is 6. The second-order valence-electron chi connectivity index (χ2n) is 32.9. The van der Waals surface area contributed by atoms with Crippen LogP contribution in [0.3, 0.4) is 0 Å². The van der Waals surface area contributed by atoms with Gasteiger partial charge in [0, 0.05) is 66.6 Å². The summed E-state index contributed by atoms with van der Waals surface area (Å²) in [5.41, 5.74) is 12.0.